The van der Waals surface area contributed by atoms with E-state index in [1.807, 2.05) is 0 Å². The lowest BCUT2D eigenvalue weighted by Gasteiger charge is -2.45. The van der Waals surface area contributed by atoms with Gasteiger partial charge in [0.2, 0.25) is 3.42 Å². The second kappa shape index (κ2) is 5.73. The van der Waals surface area contributed by atoms with E-state index in [1.165, 1.54) is 0 Å². The summed E-state index contributed by atoms with van der Waals surface area (Å²) in [5.74, 6) is 0. The van der Waals surface area contributed by atoms with Crippen LogP contribution in [0.5, 0.6) is 0 Å². The van der Waals surface area contributed by atoms with Gasteiger partial charge in [0.05, 0.1) is 0 Å². The number of halogens is 9. The Kier molecular flexibility index (Phi) is 7.48. The lowest BCUT2D eigenvalue weighted by molar-refractivity contribution is 0.121. The van der Waals surface area contributed by atoms with E-state index in [4.69, 9.17) is 0 Å². The van der Waals surface area contributed by atoms with Gasteiger partial charge in [-0.2, -0.15) is 0 Å². The molecule has 1 radical (unpaired) electrons. The van der Waals surface area contributed by atoms with Crippen molar-refractivity contribution in [2.75, 3.05) is 0 Å². The van der Waals surface area contributed by atoms with Gasteiger partial charge in [-0.3, -0.25) is 0 Å². The molecule has 10 heteroatoms. The van der Waals surface area contributed by atoms with Gasteiger partial charge < -0.3 is 0 Å². The molecule has 0 atom stereocenters. The Morgan fingerprint density at radius 3 is 0.786 bits per heavy atom. The van der Waals surface area contributed by atoms with Gasteiger partial charge in [-0.1, -0.05) is 112 Å². The normalized spacial score (nSPS) is 15.9. The van der Waals surface area contributed by atoms with Crippen molar-refractivity contribution in [2.45, 2.75) is 12.0 Å². The number of hydrogen-bond acceptors (Lipinski definition) is 0. The third kappa shape index (κ3) is 3.88. The molecular formula is C4Br9O. The van der Waals surface area contributed by atoms with E-state index in [1.54, 1.807) is 0 Å². The third-order valence-electron chi connectivity index (χ3n) is 1.18. The average Bonchev–Trinajstić information content (AvgIpc) is 1.77. The Hall–Kier alpha value is 4.28. The zero-order valence-corrected chi connectivity index (χ0v) is 20.1. The summed E-state index contributed by atoms with van der Waals surface area (Å²) >= 11 is 29.2. The molecule has 0 saturated carbocycles. The molecule has 0 aromatic carbocycles. The van der Waals surface area contributed by atoms with Gasteiger partial charge in [-0.25, -0.2) is 5.11 Å². The van der Waals surface area contributed by atoms with Crippen molar-refractivity contribution in [3.63, 3.8) is 0 Å². The minimum absolute atomic E-state index is 0.870. The second-order valence-electron chi connectivity index (χ2n) is 2.17. The summed E-state index contributed by atoms with van der Waals surface area (Å²) < 4.78 is -4.50. The van der Waals surface area contributed by atoms with E-state index in [0.717, 1.165) is 0 Å². The Morgan fingerprint density at radius 2 is 0.786 bits per heavy atom. The van der Waals surface area contributed by atoms with E-state index in [2.05, 4.69) is 143 Å². The predicted octanol–water partition coefficient (Wildman–Crippen LogP) is 6.67. The van der Waals surface area contributed by atoms with Crippen LogP contribution in [0.4, 0.5) is 0 Å². The molecular weight excluding hydrogens is 783 g/mol. The first-order chi connectivity index (χ1) is 5.75. The van der Waals surface area contributed by atoms with E-state index >= 15 is 0 Å². The number of rotatable bonds is 1. The van der Waals surface area contributed by atoms with Crippen molar-refractivity contribution in [1.82, 2.24) is 0 Å². The first-order valence-electron chi connectivity index (χ1n) is 2.65. The van der Waals surface area contributed by atoms with Crippen LogP contribution in [0.25, 0.3) is 0 Å². The zero-order valence-electron chi connectivity index (χ0n) is 5.81. The number of hydrogen-bond donors (Lipinski definition) is 0. The van der Waals surface area contributed by atoms with Gasteiger partial charge in [0, 0.05) is 0 Å². The first-order valence-corrected chi connectivity index (χ1v) is 9.79. The van der Waals surface area contributed by atoms with Crippen LogP contribution in [0, 0.1) is 0 Å². The van der Waals surface area contributed by atoms with Crippen LogP contribution in [0.1, 0.15) is 0 Å². The summed E-state index contributed by atoms with van der Waals surface area (Å²) in [5.41, 5.74) is 0. The molecule has 1 nitrogen and oxygen atoms in total. The quantitative estimate of drug-likeness (QED) is 0.265. The summed E-state index contributed by atoms with van der Waals surface area (Å²) in [4.78, 5) is 0. The van der Waals surface area contributed by atoms with Crippen molar-refractivity contribution < 1.29 is 5.11 Å². The van der Waals surface area contributed by atoms with Gasteiger partial charge in [0.1, 0.15) is 4.32 Å². The van der Waals surface area contributed by atoms with Gasteiger partial charge in [-0.15, -0.1) is 0 Å². The molecule has 0 aliphatic heterocycles. The highest BCUT2D eigenvalue weighted by atomic mass is 80.0. The fourth-order valence-electron chi connectivity index (χ4n) is 0.491. The van der Waals surface area contributed by atoms with Crippen LogP contribution in [-0.4, -0.2) is 12.0 Å². The molecule has 0 spiro atoms. The highest BCUT2D eigenvalue weighted by Gasteiger charge is 2.68. The van der Waals surface area contributed by atoms with Gasteiger partial charge in [-0.05, 0) is 31.9 Å². The molecule has 0 aliphatic carbocycles. The molecule has 0 rings (SSSR count). The molecule has 0 heterocycles. The molecule has 0 aromatic rings. The maximum absolute atomic E-state index is 12.0. The first kappa shape index (κ1) is 18.3. The Bertz CT molecular complexity index is 170. The lowest BCUT2D eigenvalue weighted by Crippen LogP contribution is -2.57. The smallest absolute Gasteiger partial charge is 0.202 e. The van der Waals surface area contributed by atoms with Crippen LogP contribution in [0.3, 0.4) is 0 Å². The Labute approximate surface area is 157 Å². The Morgan fingerprint density at radius 1 is 0.571 bits per heavy atom. The molecule has 0 aromatic heterocycles. The number of alkyl halides is 9. The van der Waals surface area contributed by atoms with Gasteiger partial charge in [0.25, 0.3) is 0 Å². The second-order valence-corrected chi connectivity index (χ2v) is 20.2. The van der Waals surface area contributed by atoms with Crippen LogP contribution in [-0.2, 0) is 5.11 Å². The van der Waals surface area contributed by atoms with Crippen molar-refractivity contribution in [1.29, 1.82) is 0 Å². The highest BCUT2D eigenvalue weighted by Crippen LogP contribution is 2.68. The fraction of sp³-hybridized carbons (Fsp3) is 1.00. The summed E-state index contributed by atoms with van der Waals surface area (Å²) in [5, 5.41) is 12.0. The van der Waals surface area contributed by atoms with Crippen LogP contribution < -0.4 is 0 Å². The van der Waals surface area contributed by atoms with Crippen LogP contribution >= 0.6 is 143 Å². The standard InChI is InChI=1S/C4Br9O/c5-1(2(6,7)8,3(9,10)11)4(12,13)14. The maximum Gasteiger partial charge on any atom is 0.233 e. The highest BCUT2D eigenvalue weighted by molar-refractivity contribution is 9.42. The predicted molar refractivity (Wildman–Crippen MR) is 92.0 cm³/mol. The molecule has 0 aliphatic rings. The minimum atomic E-state index is -1.67. The molecule has 0 bridgehead atoms. The molecule has 0 fully saturated rings. The average molecular weight is 783 g/mol. The summed E-state index contributed by atoms with van der Waals surface area (Å²) in [6.45, 7) is 0. The van der Waals surface area contributed by atoms with E-state index in [9.17, 15) is 5.11 Å². The lowest BCUT2D eigenvalue weighted by atomic mass is 10.2. The molecule has 0 N–H and O–H groups in total. The molecule has 0 amide bonds. The SMILES string of the molecule is [O]C(Br)(Br)C(Br)(C(Br)(Br)Br)C(Br)(Br)Br. The summed E-state index contributed by atoms with van der Waals surface area (Å²) in [6, 6.07) is 0. The monoisotopic (exact) mass is 774 g/mol. The largest absolute Gasteiger partial charge is 0.233 e. The van der Waals surface area contributed by atoms with Gasteiger partial charge in [0.15, 0.2) is 4.29 Å². The zero-order chi connectivity index (χ0) is 12.0. The van der Waals surface area contributed by atoms with E-state index < -0.39 is 12.0 Å². The van der Waals surface area contributed by atoms with Gasteiger partial charge >= 0.3 is 0 Å². The molecule has 85 valence electrons. The summed E-state index contributed by atoms with van der Waals surface area (Å²) in [7, 11) is 0. The van der Waals surface area contributed by atoms with Crippen LogP contribution in [0.15, 0.2) is 0 Å². The Balaban J connectivity index is 5.54. The van der Waals surface area contributed by atoms with E-state index in [0.29, 0.717) is 0 Å². The topological polar surface area (TPSA) is 19.9 Å². The van der Waals surface area contributed by atoms with Crippen molar-refractivity contribution >= 4 is 143 Å². The van der Waals surface area contributed by atoms with E-state index in [-0.39, 0.29) is 0 Å². The minimum Gasteiger partial charge on any atom is -0.202 e. The maximum atomic E-state index is 12.0. The third-order valence-corrected chi connectivity index (χ3v) is 11.9. The van der Waals surface area contributed by atoms with Crippen molar-refractivity contribution in [2.24, 2.45) is 0 Å². The van der Waals surface area contributed by atoms with Crippen molar-refractivity contribution in [3.05, 3.63) is 0 Å². The molecule has 0 unspecified atom stereocenters. The van der Waals surface area contributed by atoms with Crippen LogP contribution in [0.2, 0.25) is 0 Å². The summed E-state index contributed by atoms with van der Waals surface area (Å²) in [6.07, 6.45) is 0. The van der Waals surface area contributed by atoms with Crippen molar-refractivity contribution in [3.8, 4) is 0 Å². The molecule has 0 saturated heterocycles. The fourth-order valence-corrected chi connectivity index (χ4v) is 10.7. The molecule has 14 heavy (non-hydrogen) atoms.